The van der Waals surface area contributed by atoms with Crippen LogP contribution in [-0.4, -0.2) is 43.2 Å². The van der Waals surface area contributed by atoms with E-state index in [1.54, 1.807) is 6.92 Å². The van der Waals surface area contributed by atoms with Gasteiger partial charge in [-0.05, 0) is 53.1 Å². The third-order valence-electron chi connectivity index (χ3n) is 3.57. The van der Waals surface area contributed by atoms with Gasteiger partial charge >= 0.3 is 5.97 Å². The molecule has 0 aromatic rings. The van der Waals surface area contributed by atoms with Gasteiger partial charge in [0.25, 0.3) is 0 Å². The van der Waals surface area contributed by atoms with Crippen LogP contribution in [0.5, 0.6) is 0 Å². The molecule has 0 aliphatic carbocycles. The van der Waals surface area contributed by atoms with Crippen molar-refractivity contribution in [2.75, 3.05) is 20.7 Å². The first-order chi connectivity index (χ1) is 8.35. The van der Waals surface area contributed by atoms with Gasteiger partial charge in [-0.15, -0.1) is 0 Å². The minimum Gasteiger partial charge on any atom is -0.468 e. The highest BCUT2D eigenvalue weighted by molar-refractivity contribution is 5.79. The summed E-state index contributed by atoms with van der Waals surface area (Å²) in [5, 5.41) is 0. The number of hydrogen-bond donors (Lipinski definition) is 1. The predicted molar refractivity (Wildman–Crippen MR) is 75.5 cm³/mol. The first-order valence-corrected chi connectivity index (χ1v) is 6.92. The Bertz CT molecular complexity index is 242. The van der Waals surface area contributed by atoms with Crippen molar-refractivity contribution >= 4 is 5.97 Å². The zero-order valence-corrected chi connectivity index (χ0v) is 12.7. The zero-order chi connectivity index (χ0) is 14.2. The molecule has 0 aromatic heterocycles. The van der Waals surface area contributed by atoms with Crippen molar-refractivity contribution in [3.63, 3.8) is 0 Å². The number of nitrogens with zero attached hydrogens (tertiary/aromatic N) is 1. The summed E-state index contributed by atoms with van der Waals surface area (Å²) in [6.07, 6.45) is 5.14. The first kappa shape index (κ1) is 17.4. The lowest BCUT2D eigenvalue weighted by atomic mass is 9.96. The molecule has 0 aliphatic heterocycles. The van der Waals surface area contributed by atoms with Gasteiger partial charge in [0.15, 0.2) is 0 Å². The molecule has 2 unspecified atom stereocenters. The van der Waals surface area contributed by atoms with Gasteiger partial charge in [-0.3, -0.25) is 4.79 Å². The zero-order valence-electron chi connectivity index (χ0n) is 12.7. The van der Waals surface area contributed by atoms with Crippen LogP contribution < -0.4 is 5.73 Å². The van der Waals surface area contributed by atoms with Crippen molar-refractivity contribution in [1.29, 1.82) is 0 Å². The highest BCUT2D eigenvalue weighted by Gasteiger charge is 2.28. The second-order valence-corrected chi connectivity index (χ2v) is 5.48. The quantitative estimate of drug-likeness (QED) is 0.508. The lowest BCUT2D eigenvalue weighted by Crippen LogP contribution is -2.45. The van der Waals surface area contributed by atoms with Gasteiger partial charge in [0.1, 0.15) is 5.54 Å². The molecule has 0 amide bonds. The van der Waals surface area contributed by atoms with E-state index in [1.807, 2.05) is 0 Å². The van der Waals surface area contributed by atoms with E-state index in [0.29, 0.717) is 12.5 Å². The van der Waals surface area contributed by atoms with Crippen LogP contribution in [0.4, 0.5) is 0 Å². The largest absolute Gasteiger partial charge is 0.468 e. The molecule has 0 rings (SSSR count). The average Bonchev–Trinajstić information content (AvgIpc) is 2.33. The van der Waals surface area contributed by atoms with Gasteiger partial charge in [-0.2, -0.15) is 0 Å². The Hall–Kier alpha value is -0.610. The number of unbranched alkanes of at least 4 members (excludes halogenated alkanes) is 1. The Morgan fingerprint density at radius 2 is 2.06 bits per heavy atom. The maximum atomic E-state index is 11.4. The Balaban J connectivity index is 3.82. The lowest BCUT2D eigenvalue weighted by Gasteiger charge is -2.25. The van der Waals surface area contributed by atoms with Crippen LogP contribution in [0.3, 0.4) is 0 Å². The van der Waals surface area contributed by atoms with Crippen molar-refractivity contribution in [2.24, 2.45) is 5.73 Å². The van der Waals surface area contributed by atoms with Crippen molar-refractivity contribution in [3.05, 3.63) is 0 Å². The van der Waals surface area contributed by atoms with Gasteiger partial charge in [0.05, 0.1) is 7.11 Å². The van der Waals surface area contributed by atoms with E-state index in [1.165, 1.54) is 20.0 Å². The van der Waals surface area contributed by atoms with Gasteiger partial charge in [0.2, 0.25) is 0 Å². The third-order valence-corrected chi connectivity index (χ3v) is 3.57. The number of methoxy groups -OCH3 is 1. The fourth-order valence-corrected chi connectivity index (χ4v) is 2.05. The monoisotopic (exact) mass is 258 g/mol. The molecule has 2 atom stereocenters. The van der Waals surface area contributed by atoms with Crippen LogP contribution in [-0.2, 0) is 9.53 Å². The van der Waals surface area contributed by atoms with Gasteiger partial charge < -0.3 is 15.4 Å². The highest BCUT2D eigenvalue weighted by atomic mass is 16.5. The number of rotatable bonds is 9. The smallest absolute Gasteiger partial charge is 0.325 e. The normalized spacial score (nSPS) is 16.4. The summed E-state index contributed by atoms with van der Waals surface area (Å²) in [4.78, 5) is 13.8. The second kappa shape index (κ2) is 8.48. The molecule has 0 spiro atoms. The van der Waals surface area contributed by atoms with Crippen LogP contribution >= 0.6 is 0 Å². The fourth-order valence-electron chi connectivity index (χ4n) is 2.05. The number of esters is 1. The van der Waals surface area contributed by atoms with Crippen molar-refractivity contribution in [1.82, 2.24) is 4.90 Å². The molecule has 0 fully saturated rings. The number of hydrogen-bond acceptors (Lipinski definition) is 4. The van der Waals surface area contributed by atoms with Crippen LogP contribution in [0.1, 0.15) is 52.9 Å². The predicted octanol–water partition coefficient (Wildman–Crippen LogP) is 2.17. The Kier molecular flexibility index (Phi) is 8.20. The standard InChI is InChI=1S/C14H30N2O2/c1-6-9-12(2)16(4)11-8-7-10-14(3,15)13(17)18-5/h12H,6-11,15H2,1-5H3. The third kappa shape index (κ3) is 6.36. The van der Waals surface area contributed by atoms with E-state index >= 15 is 0 Å². The maximum absolute atomic E-state index is 11.4. The van der Waals surface area contributed by atoms with E-state index in [4.69, 9.17) is 5.73 Å². The molecule has 0 radical (unpaired) electrons. The molecule has 4 heteroatoms. The minimum absolute atomic E-state index is 0.324. The number of carbonyl (C=O) groups excluding carboxylic acids is 1. The summed E-state index contributed by atoms with van der Waals surface area (Å²) < 4.78 is 4.69. The number of nitrogens with two attached hydrogens (primary N) is 1. The number of ether oxygens (including phenoxy) is 1. The van der Waals surface area contributed by atoms with Crippen LogP contribution in [0.2, 0.25) is 0 Å². The molecule has 0 bridgehead atoms. The minimum atomic E-state index is -0.845. The molecule has 0 aliphatic rings. The average molecular weight is 258 g/mol. The maximum Gasteiger partial charge on any atom is 0.325 e. The molecule has 0 saturated carbocycles. The molecule has 0 saturated heterocycles. The summed E-state index contributed by atoms with van der Waals surface area (Å²) in [5.74, 6) is -0.324. The SMILES string of the molecule is CCCC(C)N(C)CCCCC(C)(N)C(=O)OC. The van der Waals surface area contributed by atoms with Crippen LogP contribution in [0, 0.1) is 0 Å². The lowest BCUT2D eigenvalue weighted by molar-refractivity contribution is -0.146. The van der Waals surface area contributed by atoms with E-state index in [2.05, 4.69) is 30.5 Å². The molecule has 108 valence electrons. The fraction of sp³-hybridized carbons (Fsp3) is 0.929. The van der Waals surface area contributed by atoms with Gasteiger partial charge in [-0.1, -0.05) is 13.3 Å². The number of carbonyl (C=O) groups is 1. The topological polar surface area (TPSA) is 55.6 Å². The summed E-state index contributed by atoms with van der Waals surface area (Å²) in [6.45, 7) is 7.26. The van der Waals surface area contributed by atoms with Crippen LogP contribution in [0.15, 0.2) is 0 Å². The Morgan fingerprint density at radius 1 is 1.44 bits per heavy atom. The van der Waals surface area contributed by atoms with Gasteiger partial charge in [-0.25, -0.2) is 0 Å². The summed E-state index contributed by atoms with van der Waals surface area (Å²) in [5.41, 5.74) is 5.06. The first-order valence-electron chi connectivity index (χ1n) is 6.92. The second-order valence-electron chi connectivity index (χ2n) is 5.48. The molecule has 2 N–H and O–H groups in total. The van der Waals surface area contributed by atoms with E-state index in [-0.39, 0.29) is 5.97 Å². The summed E-state index contributed by atoms with van der Waals surface area (Å²) in [7, 11) is 3.54. The van der Waals surface area contributed by atoms with Gasteiger partial charge in [0, 0.05) is 6.04 Å². The van der Waals surface area contributed by atoms with E-state index in [0.717, 1.165) is 19.4 Å². The Morgan fingerprint density at radius 3 is 2.56 bits per heavy atom. The van der Waals surface area contributed by atoms with Crippen molar-refractivity contribution in [2.45, 2.75) is 64.5 Å². The molecule has 4 nitrogen and oxygen atoms in total. The highest BCUT2D eigenvalue weighted by Crippen LogP contribution is 2.13. The van der Waals surface area contributed by atoms with Crippen LogP contribution in [0.25, 0.3) is 0 Å². The van der Waals surface area contributed by atoms with Crippen molar-refractivity contribution in [3.8, 4) is 0 Å². The Labute approximate surface area is 112 Å². The molecule has 18 heavy (non-hydrogen) atoms. The molecule has 0 aromatic carbocycles. The van der Waals surface area contributed by atoms with Crippen molar-refractivity contribution < 1.29 is 9.53 Å². The van der Waals surface area contributed by atoms with E-state index < -0.39 is 5.54 Å². The summed E-state index contributed by atoms with van der Waals surface area (Å²) in [6, 6.07) is 0.625. The summed E-state index contributed by atoms with van der Waals surface area (Å²) >= 11 is 0. The molecular formula is C14H30N2O2. The molecule has 0 heterocycles. The molecular weight excluding hydrogens is 228 g/mol. The van der Waals surface area contributed by atoms with E-state index in [9.17, 15) is 4.79 Å².